The molecule has 0 aliphatic carbocycles. The predicted molar refractivity (Wildman–Crippen MR) is 112 cm³/mol. The molecule has 0 aliphatic heterocycles. The zero-order valence-electron chi connectivity index (χ0n) is 15.7. The molecule has 0 spiro atoms. The van der Waals surface area contributed by atoms with E-state index < -0.39 is 12.6 Å². The molecule has 0 fully saturated rings. The van der Waals surface area contributed by atoms with E-state index >= 15 is 0 Å². The summed E-state index contributed by atoms with van der Waals surface area (Å²) in [6.45, 7) is 9.94. The molecule has 0 amide bonds. The van der Waals surface area contributed by atoms with Crippen LogP contribution in [-0.2, 0) is 13.1 Å². The monoisotopic (exact) mass is 486 g/mol. The summed E-state index contributed by atoms with van der Waals surface area (Å²) in [7, 11) is 0. The lowest BCUT2D eigenvalue weighted by Crippen LogP contribution is -2.38. The third-order valence-electron chi connectivity index (χ3n) is 3.79. The number of nitrogens with zero attached hydrogens (tertiary/aromatic N) is 2. The molecule has 0 radical (unpaired) electrons. The Bertz CT molecular complexity index is 514. The molecule has 26 heavy (non-hydrogen) atoms. The minimum absolute atomic E-state index is 0. The Morgan fingerprint density at radius 3 is 2.08 bits per heavy atom. The summed E-state index contributed by atoms with van der Waals surface area (Å²) in [6.07, 6.45) is -5.04. The van der Waals surface area contributed by atoms with Crippen LogP contribution in [0.2, 0.25) is 0 Å². The zero-order chi connectivity index (χ0) is 18.7. The second-order valence-electron chi connectivity index (χ2n) is 5.77. The van der Waals surface area contributed by atoms with Gasteiger partial charge >= 0.3 is 6.18 Å². The van der Waals surface area contributed by atoms with E-state index in [2.05, 4.69) is 46.5 Å². The lowest BCUT2D eigenvalue weighted by Gasteiger charge is -2.18. The summed E-state index contributed by atoms with van der Waals surface area (Å²) in [4.78, 5) is 6.68. The first-order chi connectivity index (χ1) is 11.9. The first-order valence-electron chi connectivity index (χ1n) is 8.77. The van der Waals surface area contributed by atoms with Crippen molar-refractivity contribution in [1.82, 2.24) is 15.5 Å². The molecule has 0 saturated heterocycles. The van der Waals surface area contributed by atoms with Crippen LogP contribution in [0.3, 0.4) is 0 Å². The number of aliphatic imine (C=N–C) groups is 1. The minimum atomic E-state index is -4.16. The molecule has 0 atom stereocenters. The van der Waals surface area contributed by atoms with Gasteiger partial charge in [0.15, 0.2) is 5.96 Å². The summed E-state index contributed by atoms with van der Waals surface area (Å²) in [6, 6.07) is 8.18. The number of alkyl halides is 3. The second kappa shape index (κ2) is 13.2. The van der Waals surface area contributed by atoms with E-state index in [4.69, 9.17) is 0 Å². The highest BCUT2D eigenvalue weighted by molar-refractivity contribution is 14.0. The van der Waals surface area contributed by atoms with Crippen molar-refractivity contribution < 1.29 is 13.2 Å². The Hall–Kier alpha value is -1.03. The molecule has 0 aromatic heterocycles. The fraction of sp³-hybridized carbons (Fsp3) is 0.611. The van der Waals surface area contributed by atoms with E-state index in [9.17, 15) is 13.2 Å². The highest BCUT2D eigenvalue weighted by Gasteiger charge is 2.26. The quantitative estimate of drug-likeness (QED) is 0.313. The van der Waals surface area contributed by atoms with E-state index in [0.717, 1.165) is 25.2 Å². The van der Waals surface area contributed by atoms with Crippen LogP contribution in [0.1, 0.15) is 38.3 Å². The van der Waals surface area contributed by atoms with Gasteiger partial charge in [0.1, 0.15) is 0 Å². The van der Waals surface area contributed by atoms with Crippen molar-refractivity contribution in [3.8, 4) is 0 Å². The molecule has 0 heterocycles. The van der Waals surface area contributed by atoms with Gasteiger partial charge in [-0.3, -0.25) is 4.90 Å². The molecule has 4 nitrogen and oxygen atoms in total. The fourth-order valence-electron chi connectivity index (χ4n) is 2.29. The maximum Gasteiger partial charge on any atom is 0.390 e. The first kappa shape index (κ1) is 25.0. The van der Waals surface area contributed by atoms with Crippen LogP contribution in [-0.4, -0.2) is 43.2 Å². The highest BCUT2D eigenvalue weighted by atomic mass is 127. The zero-order valence-corrected chi connectivity index (χ0v) is 18.0. The van der Waals surface area contributed by atoms with Crippen molar-refractivity contribution in [2.45, 2.75) is 46.5 Å². The molecule has 0 bridgehead atoms. The van der Waals surface area contributed by atoms with Crippen LogP contribution in [0.5, 0.6) is 0 Å². The average Bonchev–Trinajstić information content (AvgIpc) is 2.57. The minimum Gasteiger partial charge on any atom is -0.357 e. The molecule has 0 unspecified atom stereocenters. The van der Waals surface area contributed by atoms with Crippen LogP contribution in [0.15, 0.2) is 29.3 Å². The first-order valence-corrected chi connectivity index (χ1v) is 8.77. The molecule has 1 rings (SSSR count). The number of guanidine groups is 1. The van der Waals surface area contributed by atoms with Crippen LogP contribution < -0.4 is 10.6 Å². The molecule has 0 aliphatic rings. The Morgan fingerprint density at radius 2 is 1.58 bits per heavy atom. The number of hydrogen-bond donors (Lipinski definition) is 2. The summed E-state index contributed by atoms with van der Waals surface area (Å²) in [5.74, 6) is 0.402. The summed E-state index contributed by atoms with van der Waals surface area (Å²) >= 11 is 0. The number of hydrogen-bond acceptors (Lipinski definition) is 2. The molecule has 8 heteroatoms. The van der Waals surface area contributed by atoms with E-state index in [1.165, 1.54) is 5.56 Å². The van der Waals surface area contributed by atoms with Crippen molar-refractivity contribution in [3.05, 3.63) is 35.4 Å². The standard InChI is InChI=1S/C18H29F3N4.HI/c1-4-22-17(23-12-11-18(19,20)21)24-13-15-7-9-16(10-8-15)14-25(5-2)6-3;/h7-10H,4-6,11-14H2,1-3H3,(H2,22,23,24);1H. The van der Waals surface area contributed by atoms with Gasteiger partial charge in [0.25, 0.3) is 0 Å². The van der Waals surface area contributed by atoms with Gasteiger partial charge < -0.3 is 10.6 Å². The Balaban J connectivity index is 0.00000625. The maximum absolute atomic E-state index is 12.2. The Morgan fingerprint density at radius 1 is 1.00 bits per heavy atom. The number of benzene rings is 1. The highest BCUT2D eigenvalue weighted by Crippen LogP contribution is 2.18. The van der Waals surface area contributed by atoms with Gasteiger partial charge in [-0.15, -0.1) is 24.0 Å². The van der Waals surface area contributed by atoms with Crippen molar-refractivity contribution in [2.24, 2.45) is 4.99 Å². The lowest BCUT2D eigenvalue weighted by atomic mass is 10.1. The van der Waals surface area contributed by atoms with Crippen LogP contribution in [0.25, 0.3) is 0 Å². The lowest BCUT2D eigenvalue weighted by molar-refractivity contribution is -0.132. The van der Waals surface area contributed by atoms with Gasteiger partial charge in [0.2, 0.25) is 0 Å². The third-order valence-corrected chi connectivity index (χ3v) is 3.79. The summed E-state index contributed by atoms with van der Waals surface area (Å²) in [5, 5.41) is 5.67. The predicted octanol–water partition coefficient (Wildman–Crippen LogP) is 4.15. The van der Waals surface area contributed by atoms with Gasteiger partial charge in [-0.05, 0) is 31.1 Å². The van der Waals surface area contributed by atoms with Crippen molar-refractivity contribution >= 4 is 29.9 Å². The van der Waals surface area contributed by atoms with E-state index in [-0.39, 0.29) is 30.5 Å². The Kier molecular flexibility index (Phi) is 12.7. The largest absolute Gasteiger partial charge is 0.390 e. The van der Waals surface area contributed by atoms with E-state index in [1.807, 2.05) is 19.1 Å². The number of halogens is 4. The van der Waals surface area contributed by atoms with Crippen LogP contribution in [0.4, 0.5) is 13.2 Å². The van der Waals surface area contributed by atoms with E-state index in [1.54, 1.807) is 0 Å². The number of nitrogens with one attached hydrogen (secondary N) is 2. The van der Waals surface area contributed by atoms with Gasteiger partial charge in [0.05, 0.1) is 13.0 Å². The smallest absolute Gasteiger partial charge is 0.357 e. The summed E-state index contributed by atoms with van der Waals surface area (Å²) in [5.41, 5.74) is 2.27. The molecule has 2 N–H and O–H groups in total. The molecule has 150 valence electrons. The topological polar surface area (TPSA) is 39.7 Å². The maximum atomic E-state index is 12.2. The SMILES string of the molecule is CCNC(=NCc1ccc(CN(CC)CC)cc1)NCCC(F)(F)F.I. The van der Waals surface area contributed by atoms with Gasteiger partial charge in [-0.2, -0.15) is 13.2 Å². The van der Waals surface area contributed by atoms with Gasteiger partial charge in [-0.1, -0.05) is 38.1 Å². The van der Waals surface area contributed by atoms with Gasteiger partial charge in [-0.25, -0.2) is 4.99 Å². The van der Waals surface area contributed by atoms with Crippen LogP contribution >= 0.6 is 24.0 Å². The molecular formula is C18H30F3IN4. The number of rotatable bonds is 9. The van der Waals surface area contributed by atoms with Crippen molar-refractivity contribution in [2.75, 3.05) is 26.2 Å². The fourth-order valence-corrected chi connectivity index (χ4v) is 2.29. The normalized spacial score (nSPS) is 12.0. The third kappa shape index (κ3) is 10.8. The second-order valence-corrected chi connectivity index (χ2v) is 5.77. The summed E-state index contributed by atoms with van der Waals surface area (Å²) < 4.78 is 36.7. The van der Waals surface area contributed by atoms with Gasteiger partial charge in [0, 0.05) is 19.6 Å². The Labute approximate surface area is 171 Å². The van der Waals surface area contributed by atoms with Crippen LogP contribution in [0, 0.1) is 0 Å². The van der Waals surface area contributed by atoms with E-state index in [0.29, 0.717) is 19.0 Å². The molecule has 1 aromatic carbocycles. The average molecular weight is 486 g/mol. The van der Waals surface area contributed by atoms with Crippen molar-refractivity contribution in [1.29, 1.82) is 0 Å². The van der Waals surface area contributed by atoms with Crippen molar-refractivity contribution in [3.63, 3.8) is 0 Å². The molecule has 0 saturated carbocycles. The molecule has 1 aromatic rings. The molecular weight excluding hydrogens is 456 g/mol.